The summed E-state index contributed by atoms with van der Waals surface area (Å²) in [6.07, 6.45) is 7.40. The lowest BCUT2D eigenvalue weighted by Crippen LogP contribution is -2.52. The average Bonchev–Trinajstić information content (AvgIpc) is 3.13. The Hall–Kier alpha value is -1.92. The third kappa shape index (κ3) is 5.01. The molecule has 3 heterocycles. The third-order valence-corrected chi connectivity index (χ3v) is 7.82. The van der Waals surface area contributed by atoms with Gasteiger partial charge in [-0.2, -0.15) is 0 Å². The number of rotatable bonds is 8. The lowest BCUT2D eigenvalue weighted by molar-refractivity contribution is -0.138. The summed E-state index contributed by atoms with van der Waals surface area (Å²) in [6, 6.07) is 10.5. The van der Waals surface area contributed by atoms with Crippen molar-refractivity contribution in [1.82, 2.24) is 14.7 Å². The number of fused-ring (bicyclic) bond motifs is 1. The van der Waals surface area contributed by atoms with Gasteiger partial charge in [-0.25, -0.2) is 0 Å². The van der Waals surface area contributed by atoms with E-state index < -0.39 is 0 Å². The molecular formula is C26H39N3O3. The first kappa shape index (κ1) is 23.2. The molecule has 3 saturated heterocycles. The number of nitrogens with zero attached hydrogens (tertiary/aromatic N) is 3. The number of carbonyl (C=O) groups excluding carboxylic acids is 2. The van der Waals surface area contributed by atoms with Gasteiger partial charge in [0.15, 0.2) is 0 Å². The van der Waals surface area contributed by atoms with Gasteiger partial charge in [0.1, 0.15) is 0 Å². The molecule has 6 nitrogen and oxygen atoms in total. The highest BCUT2D eigenvalue weighted by atomic mass is 16.5. The quantitative estimate of drug-likeness (QED) is 0.581. The molecule has 0 N–H and O–H groups in total. The number of amides is 2. The van der Waals surface area contributed by atoms with E-state index in [4.69, 9.17) is 4.74 Å². The molecule has 4 rings (SSSR count). The van der Waals surface area contributed by atoms with Gasteiger partial charge in [0.2, 0.25) is 11.8 Å². The van der Waals surface area contributed by atoms with E-state index in [-0.39, 0.29) is 23.8 Å². The lowest BCUT2D eigenvalue weighted by atomic mass is 9.83. The lowest BCUT2D eigenvalue weighted by Gasteiger charge is -2.46. The van der Waals surface area contributed by atoms with Crippen LogP contribution in [0.5, 0.6) is 0 Å². The normalized spacial score (nSPS) is 28.6. The Morgan fingerprint density at radius 1 is 1.12 bits per heavy atom. The Labute approximate surface area is 192 Å². The topological polar surface area (TPSA) is 53.1 Å². The van der Waals surface area contributed by atoms with E-state index in [9.17, 15) is 9.59 Å². The van der Waals surface area contributed by atoms with Crippen molar-refractivity contribution >= 4 is 11.8 Å². The van der Waals surface area contributed by atoms with E-state index >= 15 is 0 Å². The highest BCUT2D eigenvalue weighted by molar-refractivity contribution is 5.90. The number of benzene rings is 1. The molecule has 3 fully saturated rings. The molecule has 176 valence electrons. The Morgan fingerprint density at radius 3 is 2.69 bits per heavy atom. The molecule has 0 aliphatic carbocycles. The largest absolute Gasteiger partial charge is 0.385 e. The van der Waals surface area contributed by atoms with E-state index in [1.165, 1.54) is 45.2 Å². The molecule has 3 aliphatic heterocycles. The number of ether oxygens (including phenoxy) is 1. The fourth-order valence-corrected chi connectivity index (χ4v) is 6.20. The Morgan fingerprint density at radius 2 is 1.91 bits per heavy atom. The van der Waals surface area contributed by atoms with Crippen molar-refractivity contribution in [3.63, 3.8) is 0 Å². The highest BCUT2D eigenvalue weighted by Crippen LogP contribution is 2.39. The van der Waals surface area contributed by atoms with Crippen LogP contribution in [0.4, 0.5) is 0 Å². The maximum absolute atomic E-state index is 13.9. The molecule has 0 bridgehead atoms. The summed E-state index contributed by atoms with van der Waals surface area (Å²) in [4.78, 5) is 33.1. The van der Waals surface area contributed by atoms with Gasteiger partial charge >= 0.3 is 0 Å². The first-order valence-corrected chi connectivity index (χ1v) is 12.4. The maximum Gasteiger partial charge on any atom is 0.228 e. The minimum atomic E-state index is -0.316. The predicted octanol–water partition coefficient (Wildman–Crippen LogP) is 3.34. The summed E-state index contributed by atoms with van der Waals surface area (Å²) < 4.78 is 5.29. The molecule has 0 radical (unpaired) electrons. The van der Waals surface area contributed by atoms with Gasteiger partial charge < -0.3 is 19.4 Å². The van der Waals surface area contributed by atoms with E-state index in [0.717, 1.165) is 18.5 Å². The Balaban J connectivity index is 1.53. The van der Waals surface area contributed by atoms with Crippen LogP contribution in [0.25, 0.3) is 0 Å². The zero-order valence-electron chi connectivity index (χ0n) is 19.7. The van der Waals surface area contributed by atoms with E-state index in [1.54, 1.807) is 12.0 Å². The summed E-state index contributed by atoms with van der Waals surface area (Å²) in [7, 11) is 3.55. The monoisotopic (exact) mass is 441 g/mol. The van der Waals surface area contributed by atoms with Crippen LogP contribution in [0.3, 0.4) is 0 Å². The number of hydrogen-bond donors (Lipinski definition) is 0. The molecule has 0 saturated carbocycles. The van der Waals surface area contributed by atoms with Crippen LogP contribution in [0, 0.1) is 11.8 Å². The molecule has 1 aromatic rings. The van der Waals surface area contributed by atoms with Crippen molar-refractivity contribution < 1.29 is 14.3 Å². The summed E-state index contributed by atoms with van der Waals surface area (Å²) in [6.45, 7) is 4.56. The minimum Gasteiger partial charge on any atom is -0.385 e. The van der Waals surface area contributed by atoms with Crippen LogP contribution in [-0.4, -0.2) is 79.5 Å². The minimum absolute atomic E-state index is 0.0603. The van der Waals surface area contributed by atoms with Crippen molar-refractivity contribution in [1.29, 1.82) is 0 Å². The van der Waals surface area contributed by atoms with Crippen LogP contribution in [0.15, 0.2) is 30.3 Å². The van der Waals surface area contributed by atoms with Crippen molar-refractivity contribution in [2.75, 3.05) is 46.9 Å². The Bertz CT molecular complexity index is 769. The molecule has 3 aliphatic rings. The second kappa shape index (κ2) is 10.8. The standard InChI is InChI=1S/C26H39N3O3/c1-27-24(30)18-22(25(27)20-10-4-3-5-11-20)26(31)29(16-9-17-32-2)19-21-12-8-15-28-14-7-6-13-23(21)28/h3-5,10-11,21-23,25H,6-9,12-19H2,1-2H3/t21-,22+,23+,25+/m0/s1. The number of methoxy groups -OCH3 is 1. The zero-order valence-corrected chi connectivity index (χ0v) is 19.7. The third-order valence-electron chi connectivity index (χ3n) is 7.82. The van der Waals surface area contributed by atoms with Crippen LogP contribution in [0.2, 0.25) is 0 Å². The van der Waals surface area contributed by atoms with Crippen LogP contribution >= 0.6 is 0 Å². The van der Waals surface area contributed by atoms with Gasteiger partial charge in [-0.15, -0.1) is 0 Å². The van der Waals surface area contributed by atoms with Crippen molar-refractivity contribution in [2.24, 2.45) is 11.8 Å². The molecule has 2 amide bonds. The smallest absolute Gasteiger partial charge is 0.228 e. The van der Waals surface area contributed by atoms with Crippen molar-refractivity contribution in [3.05, 3.63) is 35.9 Å². The number of carbonyl (C=O) groups is 2. The van der Waals surface area contributed by atoms with Gasteiger partial charge in [0, 0.05) is 46.3 Å². The van der Waals surface area contributed by atoms with Gasteiger partial charge in [-0.1, -0.05) is 36.8 Å². The first-order chi connectivity index (χ1) is 15.6. The summed E-state index contributed by atoms with van der Waals surface area (Å²) in [5, 5.41) is 0. The predicted molar refractivity (Wildman–Crippen MR) is 125 cm³/mol. The number of piperidine rings is 2. The number of likely N-dealkylation sites (tertiary alicyclic amines) is 1. The molecule has 1 aromatic carbocycles. The first-order valence-electron chi connectivity index (χ1n) is 12.4. The summed E-state index contributed by atoms with van der Waals surface area (Å²) >= 11 is 0. The van der Waals surface area contributed by atoms with Crippen molar-refractivity contribution in [3.8, 4) is 0 Å². The summed E-state index contributed by atoms with van der Waals surface area (Å²) in [5.74, 6) is 0.412. The fourth-order valence-electron chi connectivity index (χ4n) is 6.20. The van der Waals surface area contributed by atoms with E-state index in [0.29, 0.717) is 31.5 Å². The fraction of sp³-hybridized carbons (Fsp3) is 0.692. The van der Waals surface area contributed by atoms with Gasteiger partial charge in [0.05, 0.1) is 12.0 Å². The molecule has 0 aromatic heterocycles. The number of hydrogen-bond acceptors (Lipinski definition) is 4. The molecular weight excluding hydrogens is 402 g/mol. The highest BCUT2D eigenvalue weighted by Gasteiger charge is 2.45. The van der Waals surface area contributed by atoms with Crippen LogP contribution in [-0.2, 0) is 14.3 Å². The van der Waals surface area contributed by atoms with Gasteiger partial charge in [-0.05, 0) is 56.7 Å². The van der Waals surface area contributed by atoms with E-state index in [1.807, 2.05) is 37.4 Å². The Kier molecular flexibility index (Phi) is 7.84. The van der Waals surface area contributed by atoms with Crippen LogP contribution < -0.4 is 0 Å². The molecule has 32 heavy (non-hydrogen) atoms. The molecule has 6 heteroatoms. The maximum atomic E-state index is 13.9. The SMILES string of the molecule is COCCCN(C[C@@H]1CCCN2CCCC[C@H]12)C(=O)[C@@H]1CC(=O)N(C)[C@@H]1c1ccccc1. The van der Waals surface area contributed by atoms with Gasteiger partial charge in [-0.3, -0.25) is 9.59 Å². The molecule has 0 spiro atoms. The molecule has 0 unspecified atom stereocenters. The average molecular weight is 442 g/mol. The second-order valence-corrected chi connectivity index (χ2v) is 9.80. The van der Waals surface area contributed by atoms with E-state index in [2.05, 4.69) is 9.80 Å². The van der Waals surface area contributed by atoms with Crippen LogP contribution in [0.1, 0.15) is 56.6 Å². The van der Waals surface area contributed by atoms with Gasteiger partial charge in [0.25, 0.3) is 0 Å². The summed E-state index contributed by atoms with van der Waals surface area (Å²) in [5.41, 5.74) is 1.05. The zero-order chi connectivity index (χ0) is 22.5. The van der Waals surface area contributed by atoms with Crippen molar-refractivity contribution in [2.45, 2.75) is 57.0 Å². The molecule has 4 atom stereocenters. The second-order valence-electron chi connectivity index (χ2n) is 9.80.